The van der Waals surface area contributed by atoms with E-state index in [4.69, 9.17) is 0 Å². The smallest absolute Gasteiger partial charge is 0.266 e. The summed E-state index contributed by atoms with van der Waals surface area (Å²) in [6, 6.07) is 3.28. The van der Waals surface area contributed by atoms with Crippen LogP contribution in [-0.2, 0) is 6.54 Å². The van der Waals surface area contributed by atoms with Crippen molar-refractivity contribution in [1.29, 1.82) is 0 Å². The minimum absolute atomic E-state index is 0.0198. The van der Waals surface area contributed by atoms with Crippen LogP contribution < -0.4 is 5.56 Å². The lowest BCUT2D eigenvalue weighted by molar-refractivity contribution is 0.257. The topological polar surface area (TPSA) is 34.9 Å². The molecule has 3 nitrogen and oxygen atoms in total. The summed E-state index contributed by atoms with van der Waals surface area (Å²) in [5.41, 5.74) is 0.0198. The summed E-state index contributed by atoms with van der Waals surface area (Å²) in [5, 5.41) is 4.09. The molecule has 0 amide bonds. The standard InChI is InChI=1S/C13H20N2O/c1-11-4-2-5-12(10-11)7-9-15-13(16)6-3-8-14-15/h3,6,8,11-12H,2,4-5,7,9-10H2,1H3. The van der Waals surface area contributed by atoms with Gasteiger partial charge >= 0.3 is 0 Å². The minimum Gasteiger partial charge on any atom is -0.268 e. The monoisotopic (exact) mass is 220 g/mol. The van der Waals surface area contributed by atoms with Gasteiger partial charge in [-0.25, -0.2) is 4.68 Å². The summed E-state index contributed by atoms with van der Waals surface area (Å²) in [7, 11) is 0. The van der Waals surface area contributed by atoms with E-state index in [9.17, 15) is 4.79 Å². The Morgan fingerprint density at radius 2 is 2.38 bits per heavy atom. The van der Waals surface area contributed by atoms with E-state index in [0.29, 0.717) is 0 Å². The van der Waals surface area contributed by atoms with Crippen LogP contribution in [0.4, 0.5) is 0 Å². The van der Waals surface area contributed by atoms with Gasteiger partial charge in [-0.05, 0) is 30.7 Å². The van der Waals surface area contributed by atoms with E-state index >= 15 is 0 Å². The van der Waals surface area contributed by atoms with Crippen molar-refractivity contribution in [1.82, 2.24) is 9.78 Å². The highest BCUT2D eigenvalue weighted by Gasteiger charge is 2.18. The maximum Gasteiger partial charge on any atom is 0.266 e. The summed E-state index contributed by atoms with van der Waals surface area (Å²) < 4.78 is 1.58. The normalized spacial score (nSPS) is 25.6. The largest absolute Gasteiger partial charge is 0.268 e. The van der Waals surface area contributed by atoms with Crippen LogP contribution in [0.2, 0.25) is 0 Å². The molecule has 0 saturated heterocycles. The van der Waals surface area contributed by atoms with Crippen molar-refractivity contribution in [2.75, 3.05) is 0 Å². The zero-order chi connectivity index (χ0) is 11.4. The third-order valence-electron chi connectivity index (χ3n) is 3.58. The zero-order valence-corrected chi connectivity index (χ0v) is 9.93. The molecule has 0 N–H and O–H groups in total. The van der Waals surface area contributed by atoms with Crippen molar-refractivity contribution >= 4 is 0 Å². The SMILES string of the molecule is CC1CCCC(CCn2ncccc2=O)C1. The molecule has 1 aromatic heterocycles. The van der Waals surface area contributed by atoms with Crippen molar-refractivity contribution in [2.45, 2.75) is 45.6 Å². The second-order valence-corrected chi connectivity index (χ2v) is 5.01. The van der Waals surface area contributed by atoms with Crippen LogP contribution in [0.25, 0.3) is 0 Å². The van der Waals surface area contributed by atoms with Gasteiger partial charge in [-0.15, -0.1) is 0 Å². The average molecular weight is 220 g/mol. The summed E-state index contributed by atoms with van der Waals surface area (Å²) in [4.78, 5) is 11.5. The fourth-order valence-corrected chi connectivity index (χ4v) is 2.68. The second kappa shape index (κ2) is 5.28. The van der Waals surface area contributed by atoms with E-state index < -0.39 is 0 Å². The molecule has 0 spiro atoms. The van der Waals surface area contributed by atoms with Gasteiger partial charge in [0, 0.05) is 18.8 Å². The third-order valence-corrected chi connectivity index (χ3v) is 3.58. The van der Waals surface area contributed by atoms with Gasteiger partial charge in [0.2, 0.25) is 0 Å². The predicted molar refractivity (Wildman–Crippen MR) is 64.2 cm³/mol. The summed E-state index contributed by atoms with van der Waals surface area (Å²) in [6.07, 6.45) is 8.16. The van der Waals surface area contributed by atoms with Crippen LogP contribution in [0.1, 0.15) is 39.0 Å². The van der Waals surface area contributed by atoms with Gasteiger partial charge in [-0.3, -0.25) is 4.79 Å². The van der Waals surface area contributed by atoms with Crippen LogP contribution in [0.3, 0.4) is 0 Å². The van der Waals surface area contributed by atoms with Crippen LogP contribution in [0.5, 0.6) is 0 Å². The maximum absolute atomic E-state index is 11.5. The lowest BCUT2D eigenvalue weighted by Gasteiger charge is -2.26. The summed E-state index contributed by atoms with van der Waals surface area (Å²) in [6.45, 7) is 3.11. The van der Waals surface area contributed by atoms with Crippen molar-refractivity contribution in [3.63, 3.8) is 0 Å². The lowest BCUT2D eigenvalue weighted by Crippen LogP contribution is -2.23. The molecule has 2 rings (SSSR count). The van der Waals surface area contributed by atoms with E-state index in [2.05, 4.69) is 12.0 Å². The molecule has 1 aromatic rings. The van der Waals surface area contributed by atoms with Crippen molar-refractivity contribution in [3.8, 4) is 0 Å². The van der Waals surface area contributed by atoms with Gasteiger partial charge in [-0.1, -0.05) is 26.2 Å². The summed E-state index contributed by atoms with van der Waals surface area (Å²) >= 11 is 0. The first kappa shape index (κ1) is 11.4. The highest BCUT2D eigenvalue weighted by molar-refractivity contribution is 4.84. The average Bonchev–Trinajstić information content (AvgIpc) is 2.28. The zero-order valence-electron chi connectivity index (χ0n) is 9.93. The van der Waals surface area contributed by atoms with E-state index in [1.165, 1.54) is 25.7 Å². The first-order chi connectivity index (χ1) is 7.75. The highest BCUT2D eigenvalue weighted by atomic mass is 16.1. The molecule has 1 heterocycles. The third kappa shape index (κ3) is 2.94. The Labute approximate surface area is 96.5 Å². The van der Waals surface area contributed by atoms with Gasteiger partial charge in [0.05, 0.1) is 0 Å². The number of aryl methyl sites for hydroxylation is 1. The molecule has 0 bridgehead atoms. The number of hydrogen-bond acceptors (Lipinski definition) is 2. The Bertz CT molecular complexity index is 386. The second-order valence-electron chi connectivity index (χ2n) is 5.01. The fraction of sp³-hybridized carbons (Fsp3) is 0.692. The molecule has 0 aliphatic heterocycles. The predicted octanol–water partition coefficient (Wildman–Crippen LogP) is 2.46. The molecule has 88 valence electrons. The first-order valence-corrected chi connectivity index (χ1v) is 6.28. The number of hydrogen-bond donors (Lipinski definition) is 0. The van der Waals surface area contributed by atoms with Crippen LogP contribution >= 0.6 is 0 Å². The maximum atomic E-state index is 11.5. The van der Waals surface area contributed by atoms with Crippen LogP contribution in [0, 0.1) is 11.8 Å². The molecule has 0 aromatic carbocycles. The Balaban J connectivity index is 1.87. The minimum atomic E-state index is 0.0198. The van der Waals surface area contributed by atoms with Crippen LogP contribution in [0.15, 0.2) is 23.1 Å². The van der Waals surface area contributed by atoms with Gasteiger partial charge < -0.3 is 0 Å². The Morgan fingerprint density at radius 3 is 3.12 bits per heavy atom. The molecule has 1 saturated carbocycles. The van der Waals surface area contributed by atoms with Gasteiger partial charge in [0.15, 0.2) is 0 Å². The number of aromatic nitrogens is 2. The molecule has 1 fully saturated rings. The number of nitrogens with zero attached hydrogens (tertiary/aromatic N) is 2. The molecule has 0 radical (unpaired) electrons. The number of rotatable bonds is 3. The Morgan fingerprint density at radius 1 is 1.50 bits per heavy atom. The molecule has 2 unspecified atom stereocenters. The molecule has 2 atom stereocenters. The van der Waals surface area contributed by atoms with E-state index in [1.807, 2.05) is 0 Å². The van der Waals surface area contributed by atoms with Crippen molar-refractivity contribution in [3.05, 3.63) is 28.7 Å². The van der Waals surface area contributed by atoms with Gasteiger partial charge in [0.1, 0.15) is 0 Å². The van der Waals surface area contributed by atoms with Crippen LogP contribution in [-0.4, -0.2) is 9.78 Å². The van der Waals surface area contributed by atoms with Gasteiger partial charge in [0.25, 0.3) is 5.56 Å². The van der Waals surface area contributed by atoms with Crippen molar-refractivity contribution < 1.29 is 0 Å². The molecule has 1 aliphatic rings. The first-order valence-electron chi connectivity index (χ1n) is 6.28. The fourth-order valence-electron chi connectivity index (χ4n) is 2.68. The molecule has 3 heteroatoms. The lowest BCUT2D eigenvalue weighted by atomic mass is 9.81. The molecular formula is C13H20N2O. The molecule has 16 heavy (non-hydrogen) atoms. The molecule has 1 aliphatic carbocycles. The van der Waals surface area contributed by atoms with E-state index in [0.717, 1.165) is 24.8 Å². The van der Waals surface area contributed by atoms with E-state index in [-0.39, 0.29) is 5.56 Å². The molecular weight excluding hydrogens is 200 g/mol. The highest BCUT2D eigenvalue weighted by Crippen LogP contribution is 2.30. The van der Waals surface area contributed by atoms with Crippen molar-refractivity contribution in [2.24, 2.45) is 11.8 Å². The Kier molecular flexibility index (Phi) is 3.75. The Hall–Kier alpha value is -1.12. The van der Waals surface area contributed by atoms with Gasteiger partial charge in [-0.2, -0.15) is 5.10 Å². The summed E-state index contributed by atoms with van der Waals surface area (Å²) in [5.74, 6) is 1.65. The van der Waals surface area contributed by atoms with E-state index in [1.54, 1.807) is 23.0 Å². The quantitative estimate of drug-likeness (QED) is 0.784.